The lowest BCUT2D eigenvalue weighted by Gasteiger charge is -2.29. The predicted octanol–water partition coefficient (Wildman–Crippen LogP) is 0.796. The van der Waals surface area contributed by atoms with Crippen molar-refractivity contribution in [3.63, 3.8) is 0 Å². The van der Waals surface area contributed by atoms with Crippen LogP contribution in [0.2, 0.25) is 0 Å². The predicted molar refractivity (Wildman–Crippen MR) is 64.2 cm³/mol. The summed E-state index contributed by atoms with van der Waals surface area (Å²) in [7, 11) is 0. The van der Waals surface area contributed by atoms with E-state index in [2.05, 4.69) is 17.6 Å². The Morgan fingerprint density at radius 3 is 2.75 bits per heavy atom. The lowest BCUT2D eigenvalue weighted by atomic mass is 9.90. The first-order valence-corrected chi connectivity index (χ1v) is 6.35. The third-order valence-electron chi connectivity index (χ3n) is 3.40. The maximum absolute atomic E-state index is 12.2. The molecule has 4 nitrogen and oxygen atoms in total. The zero-order valence-corrected chi connectivity index (χ0v) is 10.4. The molecule has 2 unspecified atom stereocenters. The highest BCUT2D eigenvalue weighted by Crippen LogP contribution is 2.25. The summed E-state index contributed by atoms with van der Waals surface area (Å²) in [4.78, 5) is 12.2. The Hall–Kier alpha value is -0.610. The third-order valence-corrected chi connectivity index (χ3v) is 3.40. The van der Waals surface area contributed by atoms with E-state index in [0.29, 0.717) is 0 Å². The summed E-state index contributed by atoms with van der Waals surface area (Å²) in [5.74, 6) is 0.0627. The van der Waals surface area contributed by atoms with Crippen LogP contribution in [-0.2, 0) is 4.79 Å². The number of carbonyl (C=O) groups is 1. The Kier molecular flexibility index (Phi) is 5.22. The van der Waals surface area contributed by atoms with Crippen LogP contribution in [0.4, 0.5) is 0 Å². The molecular weight excluding hydrogens is 204 g/mol. The van der Waals surface area contributed by atoms with E-state index in [-0.39, 0.29) is 24.1 Å². The maximum Gasteiger partial charge on any atom is 0.240 e. The Balaban J connectivity index is 2.60. The largest absolute Gasteiger partial charge is 0.394 e. The molecule has 0 aliphatic carbocycles. The fraction of sp³-hybridized carbons (Fsp3) is 0.917. The molecule has 1 aliphatic rings. The second-order valence-electron chi connectivity index (χ2n) is 4.62. The van der Waals surface area contributed by atoms with Crippen LogP contribution >= 0.6 is 0 Å². The second-order valence-corrected chi connectivity index (χ2v) is 4.62. The van der Waals surface area contributed by atoms with E-state index >= 15 is 0 Å². The zero-order valence-electron chi connectivity index (χ0n) is 10.4. The molecule has 1 fully saturated rings. The summed E-state index contributed by atoms with van der Waals surface area (Å²) in [6.07, 6.45) is 4.61. The van der Waals surface area contributed by atoms with Crippen LogP contribution in [0.1, 0.15) is 46.0 Å². The number of aliphatic hydroxyl groups excluding tert-OH is 1. The van der Waals surface area contributed by atoms with Crippen LogP contribution < -0.4 is 10.6 Å². The number of hydrogen-bond acceptors (Lipinski definition) is 3. The van der Waals surface area contributed by atoms with E-state index in [1.165, 1.54) is 0 Å². The zero-order chi connectivity index (χ0) is 12.0. The van der Waals surface area contributed by atoms with Gasteiger partial charge in [-0.05, 0) is 32.2 Å². The minimum absolute atomic E-state index is 0.0183. The standard InChI is InChI=1S/C12H24N2O2/c1-3-6-12(7-5-8-13-12)11(16)14-10(4-2)9-15/h10,13,15H,3-9H2,1-2H3,(H,14,16). The fourth-order valence-corrected chi connectivity index (χ4v) is 2.35. The summed E-state index contributed by atoms with van der Waals surface area (Å²) in [6, 6.07) is -0.108. The van der Waals surface area contributed by atoms with Gasteiger partial charge in [0.25, 0.3) is 0 Å². The summed E-state index contributed by atoms with van der Waals surface area (Å²) >= 11 is 0. The second kappa shape index (κ2) is 6.21. The van der Waals surface area contributed by atoms with Crippen LogP contribution in [0, 0.1) is 0 Å². The number of amides is 1. The minimum Gasteiger partial charge on any atom is -0.394 e. The number of nitrogens with one attached hydrogen (secondary N) is 2. The molecule has 1 saturated heterocycles. The highest BCUT2D eigenvalue weighted by Gasteiger charge is 2.40. The van der Waals surface area contributed by atoms with Crippen LogP contribution in [0.5, 0.6) is 0 Å². The van der Waals surface area contributed by atoms with Gasteiger partial charge in [0.1, 0.15) is 0 Å². The molecule has 0 aromatic rings. The lowest BCUT2D eigenvalue weighted by molar-refractivity contribution is -0.128. The van der Waals surface area contributed by atoms with Crippen molar-refractivity contribution in [3.05, 3.63) is 0 Å². The molecule has 4 heteroatoms. The van der Waals surface area contributed by atoms with E-state index in [9.17, 15) is 4.79 Å². The summed E-state index contributed by atoms with van der Waals surface area (Å²) in [5, 5.41) is 15.4. The van der Waals surface area contributed by atoms with Crippen LogP contribution in [-0.4, -0.2) is 35.7 Å². The monoisotopic (exact) mass is 228 g/mol. The highest BCUT2D eigenvalue weighted by atomic mass is 16.3. The first-order chi connectivity index (χ1) is 7.68. The molecule has 16 heavy (non-hydrogen) atoms. The van der Waals surface area contributed by atoms with Gasteiger partial charge in [-0.2, -0.15) is 0 Å². The molecule has 1 heterocycles. The average Bonchev–Trinajstić information content (AvgIpc) is 2.76. The van der Waals surface area contributed by atoms with Gasteiger partial charge in [-0.3, -0.25) is 4.79 Å². The Labute approximate surface area is 97.8 Å². The molecule has 0 saturated carbocycles. The molecule has 3 N–H and O–H groups in total. The molecule has 1 rings (SSSR count). The quantitative estimate of drug-likeness (QED) is 0.630. The first-order valence-electron chi connectivity index (χ1n) is 6.35. The van der Waals surface area contributed by atoms with E-state index in [1.807, 2.05) is 6.92 Å². The fourth-order valence-electron chi connectivity index (χ4n) is 2.35. The Morgan fingerprint density at radius 1 is 1.56 bits per heavy atom. The Morgan fingerprint density at radius 2 is 2.31 bits per heavy atom. The summed E-state index contributed by atoms with van der Waals surface area (Å²) in [5.41, 5.74) is -0.378. The lowest BCUT2D eigenvalue weighted by Crippen LogP contribution is -2.56. The first kappa shape index (κ1) is 13.5. The van der Waals surface area contributed by atoms with Gasteiger partial charge >= 0.3 is 0 Å². The van der Waals surface area contributed by atoms with Crippen LogP contribution in [0.15, 0.2) is 0 Å². The molecule has 0 spiro atoms. The molecule has 0 aromatic heterocycles. The number of hydrogen-bond donors (Lipinski definition) is 3. The average molecular weight is 228 g/mol. The minimum atomic E-state index is -0.378. The SMILES string of the molecule is CCCC1(C(=O)NC(CC)CO)CCCN1. The van der Waals surface area contributed by atoms with E-state index < -0.39 is 0 Å². The third kappa shape index (κ3) is 2.95. The van der Waals surface area contributed by atoms with Gasteiger partial charge in [-0.15, -0.1) is 0 Å². The van der Waals surface area contributed by atoms with Gasteiger partial charge in [0.15, 0.2) is 0 Å². The smallest absolute Gasteiger partial charge is 0.240 e. The Bertz CT molecular complexity index is 221. The van der Waals surface area contributed by atoms with Gasteiger partial charge in [0.05, 0.1) is 18.2 Å². The normalized spacial score (nSPS) is 26.7. The highest BCUT2D eigenvalue weighted by molar-refractivity contribution is 5.86. The molecule has 1 aliphatic heterocycles. The van der Waals surface area contributed by atoms with E-state index in [1.54, 1.807) is 0 Å². The molecule has 1 amide bonds. The van der Waals surface area contributed by atoms with Crippen molar-refractivity contribution in [2.24, 2.45) is 0 Å². The van der Waals surface area contributed by atoms with Crippen LogP contribution in [0.3, 0.4) is 0 Å². The van der Waals surface area contributed by atoms with Gasteiger partial charge in [-0.1, -0.05) is 20.3 Å². The molecule has 2 atom stereocenters. The van der Waals surface area contributed by atoms with Crippen molar-refractivity contribution in [2.75, 3.05) is 13.2 Å². The topological polar surface area (TPSA) is 61.4 Å². The van der Waals surface area contributed by atoms with Crippen molar-refractivity contribution in [2.45, 2.75) is 57.5 Å². The molecule has 0 aromatic carbocycles. The van der Waals surface area contributed by atoms with Crippen molar-refractivity contribution in [3.8, 4) is 0 Å². The van der Waals surface area contributed by atoms with Crippen molar-refractivity contribution in [1.82, 2.24) is 10.6 Å². The number of aliphatic hydroxyl groups is 1. The molecule has 0 bridgehead atoms. The van der Waals surface area contributed by atoms with Gasteiger partial charge in [0.2, 0.25) is 5.91 Å². The van der Waals surface area contributed by atoms with Crippen molar-refractivity contribution < 1.29 is 9.90 Å². The van der Waals surface area contributed by atoms with Gasteiger partial charge in [0, 0.05) is 0 Å². The summed E-state index contributed by atoms with van der Waals surface area (Å²) < 4.78 is 0. The van der Waals surface area contributed by atoms with Crippen LogP contribution in [0.25, 0.3) is 0 Å². The van der Waals surface area contributed by atoms with Crippen molar-refractivity contribution >= 4 is 5.91 Å². The maximum atomic E-state index is 12.2. The van der Waals surface area contributed by atoms with E-state index in [4.69, 9.17) is 5.11 Å². The molecule has 94 valence electrons. The molecule has 0 radical (unpaired) electrons. The van der Waals surface area contributed by atoms with Gasteiger partial charge in [-0.25, -0.2) is 0 Å². The number of carbonyl (C=O) groups excluding carboxylic acids is 1. The molecular formula is C12H24N2O2. The number of rotatable bonds is 6. The van der Waals surface area contributed by atoms with Crippen molar-refractivity contribution in [1.29, 1.82) is 0 Å². The van der Waals surface area contributed by atoms with Gasteiger partial charge < -0.3 is 15.7 Å². The summed E-state index contributed by atoms with van der Waals surface area (Å²) in [6.45, 7) is 5.00. The van der Waals surface area contributed by atoms with E-state index in [0.717, 1.165) is 38.6 Å².